The van der Waals surface area contributed by atoms with E-state index in [1.165, 1.54) is 0 Å². The van der Waals surface area contributed by atoms with Crippen LogP contribution in [0.5, 0.6) is 0 Å². The topological polar surface area (TPSA) is 59.3 Å². The van der Waals surface area contributed by atoms with Gasteiger partial charge in [0.1, 0.15) is 0 Å². The molecule has 80 valence electrons. The summed E-state index contributed by atoms with van der Waals surface area (Å²) in [5.74, 6) is 0. The van der Waals surface area contributed by atoms with Gasteiger partial charge in [0.05, 0.1) is 25.5 Å². The first-order chi connectivity index (χ1) is 6.76. The Morgan fingerprint density at radius 3 is 3.00 bits per heavy atom. The molecular weight excluding hydrogens is 182 g/mol. The van der Waals surface area contributed by atoms with Gasteiger partial charge in [0.15, 0.2) is 0 Å². The second kappa shape index (κ2) is 5.74. The molecule has 5 nitrogen and oxygen atoms in total. The van der Waals surface area contributed by atoms with E-state index in [4.69, 9.17) is 9.84 Å². The third-order valence-corrected chi connectivity index (χ3v) is 1.94. The van der Waals surface area contributed by atoms with Crippen molar-refractivity contribution in [2.45, 2.75) is 12.6 Å². The zero-order valence-corrected chi connectivity index (χ0v) is 8.60. The summed E-state index contributed by atoms with van der Waals surface area (Å²) in [6, 6.07) is -0.0137. The standard InChI is InChI=1S/C9H17N3O2/c1-12-5-8(4-11-12)3-10-9(6-13)7-14-2/h4-5,9-10,13H,3,6-7H2,1-2H3. The summed E-state index contributed by atoms with van der Waals surface area (Å²) in [4.78, 5) is 0. The van der Waals surface area contributed by atoms with Crippen molar-refractivity contribution in [1.29, 1.82) is 0 Å². The molecule has 1 rings (SSSR count). The zero-order chi connectivity index (χ0) is 10.4. The number of rotatable bonds is 6. The number of ether oxygens (including phenoxy) is 1. The van der Waals surface area contributed by atoms with Crippen molar-refractivity contribution < 1.29 is 9.84 Å². The highest BCUT2D eigenvalue weighted by molar-refractivity contribution is 5.03. The van der Waals surface area contributed by atoms with Gasteiger partial charge in [0.2, 0.25) is 0 Å². The van der Waals surface area contributed by atoms with Crippen molar-refractivity contribution in [3.05, 3.63) is 18.0 Å². The van der Waals surface area contributed by atoms with Crippen LogP contribution in [0, 0.1) is 0 Å². The first kappa shape index (κ1) is 11.2. The highest BCUT2D eigenvalue weighted by Crippen LogP contribution is 1.96. The summed E-state index contributed by atoms with van der Waals surface area (Å²) >= 11 is 0. The fourth-order valence-corrected chi connectivity index (χ4v) is 1.20. The highest BCUT2D eigenvalue weighted by Gasteiger charge is 2.06. The van der Waals surface area contributed by atoms with Crippen LogP contribution in [0.25, 0.3) is 0 Å². The number of aromatic nitrogens is 2. The Hall–Kier alpha value is -0.910. The van der Waals surface area contributed by atoms with Gasteiger partial charge < -0.3 is 15.2 Å². The molecule has 1 atom stereocenters. The minimum Gasteiger partial charge on any atom is -0.395 e. The molecular formula is C9H17N3O2. The molecule has 1 aromatic heterocycles. The van der Waals surface area contributed by atoms with Crippen LogP contribution in [-0.2, 0) is 18.3 Å². The zero-order valence-electron chi connectivity index (χ0n) is 8.60. The quantitative estimate of drug-likeness (QED) is 0.649. The van der Waals surface area contributed by atoms with E-state index in [1.807, 2.05) is 13.2 Å². The predicted octanol–water partition coefficient (Wildman–Crippen LogP) is -0.483. The normalized spacial score (nSPS) is 13.1. The lowest BCUT2D eigenvalue weighted by molar-refractivity contribution is 0.128. The van der Waals surface area contributed by atoms with Crippen LogP contribution in [-0.4, -0.2) is 41.3 Å². The number of aliphatic hydroxyl groups excluding tert-OH is 1. The van der Waals surface area contributed by atoms with Crippen molar-refractivity contribution in [3.63, 3.8) is 0 Å². The van der Waals surface area contributed by atoms with Gasteiger partial charge in [-0.3, -0.25) is 4.68 Å². The Balaban J connectivity index is 2.31. The van der Waals surface area contributed by atoms with Crippen LogP contribution in [0.4, 0.5) is 0 Å². The molecule has 0 aliphatic carbocycles. The SMILES string of the molecule is COCC(CO)NCc1cnn(C)c1. The number of nitrogens with one attached hydrogen (secondary N) is 1. The van der Waals surface area contributed by atoms with Crippen molar-refractivity contribution in [3.8, 4) is 0 Å². The van der Waals surface area contributed by atoms with Crippen LogP contribution < -0.4 is 5.32 Å². The second-order valence-electron chi connectivity index (χ2n) is 3.24. The monoisotopic (exact) mass is 199 g/mol. The van der Waals surface area contributed by atoms with E-state index in [2.05, 4.69) is 10.4 Å². The molecule has 14 heavy (non-hydrogen) atoms. The lowest BCUT2D eigenvalue weighted by atomic mass is 10.3. The maximum absolute atomic E-state index is 8.98. The summed E-state index contributed by atoms with van der Waals surface area (Å²) < 4.78 is 6.70. The van der Waals surface area contributed by atoms with Gasteiger partial charge in [0.25, 0.3) is 0 Å². The van der Waals surface area contributed by atoms with Gasteiger partial charge in [-0.2, -0.15) is 5.10 Å². The van der Waals surface area contributed by atoms with Crippen LogP contribution in [0.2, 0.25) is 0 Å². The van der Waals surface area contributed by atoms with Crippen molar-refractivity contribution in [2.24, 2.45) is 7.05 Å². The minimum absolute atomic E-state index is 0.0137. The number of hydrogen-bond donors (Lipinski definition) is 2. The predicted molar refractivity (Wildman–Crippen MR) is 52.8 cm³/mol. The molecule has 0 aromatic carbocycles. The maximum atomic E-state index is 8.98. The second-order valence-corrected chi connectivity index (χ2v) is 3.24. The van der Waals surface area contributed by atoms with E-state index in [0.717, 1.165) is 5.56 Å². The lowest BCUT2D eigenvalue weighted by Gasteiger charge is -2.13. The number of aliphatic hydroxyl groups is 1. The van der Waals surface area contributed by atoms with E-state index in [-0.39, 0.29) is 12.6 Å². The Morgan fingerprint density at radius 1 is 1.71 bits per heavy atom. The summed E-state index contributed by atoms with van der Waals surface area (Å²) in [6.07, 6.45) is 3.74. The lowest BCUT2D eigenvalue weighted by Crippen LogP contribution is -2.35. The van der Waals surface area contributed by atoms with Crippen LogP contribution in [0.1, 0.15) is 5.56 Å². The third kappa shape index (κ3) is 3.45. The Morgan fingerprint density at radius 2 is 2.50 bits per heavy atom. The summed E-state index contributed by atoms with van der Waals surface area (Å²) in [6.45, 7) is 1.29. The molecule has 1 unspecified atom stereocenters. The smallest absolute Gasteiger partial charge is 0.0638 e. The van der Waals surface area contributed by atoms with Crippen molar-refractivity contribution >= 4 is 0 Å². The number of methoxy groups -OCH3 is 1. The van der Waals surface area contributed by atoms with Gasteiger partial charge in [-0.05, 0) is 0 Å². The van der Waals surface area contributed by atoms with E-state index < -0.39 is 0 Å². The molecule has 0 bridgehead atoms. The Kier molecular flexibility index (Phi) is 4.58. The van der Waals surface area contributed by atoms with E-state index in [0.29, 0.717) is 13.2 Å². The molecule has 0 radical (unpaired) electrons. The average molecular weight is 199 g/mol. The van der Waals surface area contributed by atoms with Gasteiger partial charge >= 0.3 is 0 Å². The molecule has 0 amide bonds. The van der Waals surface area contributed by atoms with Crippen LogP contribution in [0.3, 0.4) is 0 Å². The summed E-state index contributed by atoms with van der Waals surface area (Å²) in [7, 11) is 3.50. The minimum atomic E-state index is -0.0137. The number of hydrogen-bond acceptors (Lipinski definition) is 4. The Labute approximate surface area is 83.7 Å². The van der Waals surface area contributed by atoms with E-state index in [1.54, 1.807) is 18.0 Å². The van der Waals surface area contributed by atoms with Crippen LogP contribution in [0.15, 0.2) is 12.4 Å². The molecule has 0 fully saturated rings. The number of aryl methyl sites for hydroxylation is 1. The van der Waals surface area contributed by atoms with Gasteiger partial charge in [-0.15, -0.1) is 0 Å². The molecule has 0 aliphatic heterocycles. The van der Waals surface area contributed by atoms with E-state index in [9.17, 15) is 0 Å². The number of nitrogens with zero attached hydrogens (tertiary/aromatic N) is 2. The molecule has 0 spiro atoms. The molecule has 1 aromatic rings. The van der Waals surface area contributed by atoms with E-state index >= 15 is 0 Å². The largest absolute Gasteiger partial charge is 0.395 e. The van der Waals surface area contributed by atoms with Gasteiger partial charge in [-0.25, -0.2) is 0 Å². The van der Waals surface area contributed by atoms with Crippen molar-refractivity contribution in [2.75, 3.05) is 20.3 Å². The molecule has 0 saturated carbocycles. The molecule has 5 heteroatoms. The fraction of sp³-hybridized carbons (Fsp3) is 0.667. The maximum Gasteiger partial charge on any atom is 0.0638 e. The molecule has 0 saturated heterocycles. The van der Waals surface area contributed by atoms with Crippen LogP contribution >= 0.6 is 0 Å². The summed E-state index contributed by atoms with van der Waals surface area (Å²) in [5, 5.41) is 16.2. The first-order valence-corrected chi connectivity index (χ1v) is 4.57. The average Bonchev–Trinajstić information content (AvgIpc) is 2.59. The first-order valence-electron chi connectivity index (χ1n) is 4.57. The van der Waals surface area contributed by atoms with Crippen molar-refractivity contribution in [1.82, 2.24) is 15.1 Å². The highest BCUT2D eigenvalue weighted by atomic mass is 16.5. The summed E-state index contributed by atoms with van der Waals surface area (Å²) in [5.41, 5.74) is 1.10. The fourth-order valence-electron chi connectivity index (χ4n) is 1.20. The van der Waals surface area contributed by atoms with Gasteiger partial charge in [-0.1, -0.05) is 0 Å². The molecule has 0 aliphatic rings. The third-order valence-electron chi connectivity index (χ3n) is 1.94. The molecule has 2 N–H and O–H groups in total. The Bertz CT molecular complexity index is 262. The van der Waals surface area contributed by atoms with Gasteiger partial charge in [0, 0.05) is 32.5 Å². The molecule has 1 heterocycles.